The molecule has 0 spiro atoms. The standard InChI is InChI=1S/C19H24ClN3/c1-14(2)18-13-23(12-11-22-18)19(17-5-3-4-10-21-17)15-6-8-16(20)9-7-15/h3-10,14,18-19,22H,11-13H2,1-2H3/t18-,19+/m1/s1. The predicted molar refractivity (Wildman–Crippen MR) is 95.7 cm³/mol. The average Bonchev–Trinajstić information content (AvgIpc) is 2.58. The third kappa shape index (κ3) is 3.92. The van der Waals surface area contributed by atoms with Gasteiger partial charge in [-0.25, -0.2) is 0 Å². The molecule has 1 aromatic carbocycles. The Morgan fingerprint density at radius 1 is 1.17 bits per heavy atom. The Balaban J connectivity index is 1.93. The van der Waals surface area contributed by atoms with Crippen molar-refractivity contribution >= 4 is 11.6 Å². The Hall–Kier alpha value is -1.42. The molecular formula is C19H24ClN3. The van der Waals surface area contributed by atoms with Crippen molar-refractivity contribution in [1.29, 1.82) is 0 Å². The van der Waals surface area contributed by atoms with Crippen LogP contribution in [0.25, 0.3) is 0 Å². The molecule has 3 nitrogen and oxygen atoms in total. The number of nitrogens with one attached hydrogen (secondary N) is 1. The van der Waals surface area contributed by atoms with Crippen molar-refractivity contribution in [2.75, 3.05) is 19.6 Å². The van der Waals surface area contributed by atoms with Crippen molar-refractivity contribution in [1.82, 2.24) is 15.2 Å². The highest BCUT2D eigenvalue weighted by atomic mass is 35.5. The Bertz CT molecular complexity index is 612. The molecule has 122 valence electrons. The molecule has 0 amide bonds. The molecule has 0 radical (unpaired) electrons. The molecule has 0 aliphatic carbocycles. The molecule has 0 bridgehead atoms. The van der Waals surface area contributed by atoms with Gasteiger partial charge in [0.1, 0.15) is 0 Å². The summed E-state index contributed by atoms with van der Waals surface area (Å²) in [6.07, 6.45) is 1.88. The van der Waals surface area contributed by atoms with E-state index in [1.165, 1.54) is 5.56 Å². The van der Waals surface area contributed by atoms with E-state index in [1.54, 1.807) is 0 Å². The highest BCUT2D eigenvalue weighted by molar-refractivity contribution is 6.30. The predicted octanol–water partition coefficient (Wildman–Crippen LogP) is 3.75. The minimum Gasteiger partial charge on any atom is -0.311 e. The number of hydrogen-bond acceptors (Lipinski definition) is 3. The third-order valence-corrected chi connectivity index (χ3v) is 4.81. The van der Waals surface area contributed by atoms with Crippen LogP contribution in [-0.4, -0.2) is 35.6 Å². The van der Waals surface area contributed by atoms with Gasteiger partial charge in [0.2, 0.25) is 0 Å². The first kappa shape index (κ1) is 16.4. The van der Waals surface area contributed by atoms with Gasteiger partial charge in [0.25, 0.3) is 0 Å². The molecular weight excluding hydrogens is 306 g/mol. The summed E-state index contributed by atoms with van der Waals surface area (Å²) in [6, 6.07) is 15.0. The summed E-state index contributed by atoms with van der Waals surface area (Å²) in [5, 5.41) is 4.40. The maximum atomic E-state index is 6.07. The van der Waals surface area contributed by atoms with Gasteiger partial charge in [0.05, 0.1) is 11.7 Å². The van der Waals surface area contributed by atoms with E-state index in [4.69, 9.17) is 11.6 Å². The van der Waals surface area contributed by atoms with Gasteiger partial charge in [-0.15, -0.1) is 0 Å². The van der Waals surface area contributed by atoms with Crippen LogP contribution in [-0.2, 0) is 0 Å². The lowest BCUT2D eigenvalue weighted by molar-refractivity contribution is 0.142. The van der Waals surface area contributed by atoms with Crippen LogP contribution in [0, 0.1) is 5.92 Å². The number of pyridine rings is 1. The Kier molecular flexibility index (Phi) is 5.31. The smallest absolute Gasteiger partial charge is 0.0777 e. The number of nitrogens with zero attached hydrogens (tertiary/aromatic N) is 2. The molecule has 1 fully saturated rings. The fourth-order valence-corrected chi connectivity index (χ4v) is 3.36. The van der Waals surface area contributed by atoms with E-state index in [-0.39, 0.29) is 6.04 Å². The lowest BCUT2D eigenvalue weighted by atomic mass is 9.96. The summed E-state index contributed by atoms with van der Waals surface area (Å²) in [6.45, 7) is 7.62. The Morgan fingerprint density at radius 3 is 2.61 bits per heavy atom. The van der Waals surface area contributed by atoms with Crippen LogP contribution in [0.2, 0.25) is 5.02 Å². The molecule has 4 heteroatoms. The number of piperazine rings is 1. The van der Waals surface area contributed by atoms with Crippen LogP contribution in [0.5, 0.6) is 0 Å². The number of halogens is 1. The summed E-state index contributed by atoms with van der Waals surface area (Å²) < 4.78 is 0. The number of rotatable bonds is 4. The van der Waals surface area contributed by atoms with Crippen molar-refractivity contribution in [3.8, 4) is 0 Å². The van der Waals surface area contributed by atoms with Crippen LogP contribution < -0.4 is 5.32 Å². The quantitative estimate of drug-likeness (QED) is 0.925. The van der Waals surface area contributed by atoms with Crippen LogP contribution in [0.3, 0.4) is 0 Å². The van der Waals surface area contributed by atoms with Crippen molar-refractivity contribution < 1.29 is 0 Å². The van der Waals surface area contributed by atoms with Gasteiger partial charge >= 0.3 is 0 Å². The summed E-state index contributed by atoms with van der Waals surface area (Å²) in [5.74, 6) is 0.618. The van der Waals surface area contributed by atoms with Crippen molar-refractivity contribution in [3.63, 3.8) is 0 Å². The van der Waals surface area contributed by atoms with Gasteiger partial charge in [-0.3, -0.25) is 9.88 Å². The van der Waals surface area contributed by atoms with E-state index in [0.717, 1.165) is 30.4 Å². The lowest BCUT2D eigenvalue weighted by Crippen LogP contribution is -2.53. The zero-order valence-electron chi connectivity index (χ0n) is 13.7. The van der Waals surface area contributed by atoms with E-state index >= 15 is 0 Å². The minimum atomic E-state index is 0.178. The summed E-state index contributed by atoms with van der Waals surface area (Å²) in [7, 11) is 0. The van der Waals surface area contributed by atoms with Crippen molar-refractivity contribution in [2.45, 2.75) is 25.9 Å². The van der Waals surface area contributed by atoms with E-state index < -0.39 is 0 Å². The summed E-state index contributed by atoms with van der Waals surface area (Å²) in [5.41, 5.74) is 2.34. The van der Waals surface area contributed by atoms with Gasteiger partial charge in [-0.05, 0) is 35.7 Å². The fourth-order valence-electron chi connectivity index (χ4n) is 3.23. The number of aromatic nitrogens is 1. The van der Waals surface area contributed by atoms with E-state index in [1.807, 2.05) is 24.4 Å². The molecule has 23 heavy (non-hydrogen) atoms. The van der Waals surface area contributed by atoms with Crippen molar-refractivity contribution in [3.05, 3.63) is 64.9 Å². The Labute approximate surface area is 143 Å². The molecule has 2 heterocycles. The molecule has 1 aliphatic heterocycles. The second kappa shape index (κ2) is 7.43. The zero-order valence-corrected chi connectivity index (χ0v) is 14.5. The molecule has 1 N–H and O–H groups in total. The first-order chi connectivity index (χ1) is 11.1. The first-order valence-corrected chi connectivity index (χ1v) is 8.67. The van der Waals surface area contributed by atoms with Crippen molar-refractivity contribution in [2.24, 2.45) is 5.92 Å². The highest BCUT2D eigenvalue weighted by Crippen LogP contribution is 2.29. The number of benzene rings is 1. The minimum absolute atomic E-state index is 0.178. The lowest BCUT2D eigenvalue weighted by Gasteiger charge is -2.40. The first-order valence-electron chi connectivity index (χ1n) is 8.29. The number of hydrogen-bond donors (Lipinski definition) is 1. The van der Waals surface area contributed by atoms with Crippen LogP contribution >= 0.6 is 11.6 Å². The second-order valence-electron chi connectivity index (χ2n) is 6.51. The van der Waals surface area contributed by atoms with Crippen LogP contribution in [0.1, 0.15) is 31.1 Å². The van der Waals surface area contributed by atoms with E-state index in [2.05, 4.69) is 53.3 Å². The monoisotopic (exact) mass is 329 g/mol. The average molecular weight is 330 g/mol. The zero-order chi connectivity index (χ0) is 16.2. The maximum Gasteiger partial charge on any atom is 0.0777 e. The van der Waals surface area contributed by atoms with Gasteiger partial charge in [-0.1, -0.05) is 43.6 Å². The molecule has 1 saturated heterocycles. The molecule has 1 aliphatic rings. The normalized spacial score (nSPS) is 20.6. The van der Waals surface area contributed by atoms with Crippen LogP contribution in [0.15, 0.2) is 48.7 Å². The summed E-state index contributed by atoms with van der Waals surface area (Å²) in [4.78, 5) is 7.16. The largest absolute Gasteiger partial charge is 0.311 e. The Morgan fingerprint density at radius 2 is 1.96 bits per heavy atom. The molecule has 0 saturated carbocycles. The maximum absolute atomic E-state index is 6.07. The van der Waals surface area contributed by atoms with Gasteiger partial charge < -0.3 is 5.32 Å². The topological polar surface area (TPSA) is 28.2 Å². The highest BCUT2D eigenvalue weighted by Gasteiger charge is 2.29. The molecule has 2 atom stereocenters. The second-order valence-corrected chi connectivity index (χ2v) is 6.94. The summed E-state index contributed by atoms with van der Waals surface area (Å²) >= 11 is 6.07. The van der Waals surface area contributed by atoms with Gasteiger partial charge in [-0.2, -0.15) is 0 Å². The molecule has 1 aromatic heterocycles. The molecule has 2 aromatic rings. The van der Waals surface area contributed by atoms with E-state index in [0.29, 0.717) is 12.0 Å². The van der Waals surface area contributed by atoms with Gasteiger partial charge in [0, 0.05) is 36.9 Å². The third-order valence-electron chi connectivity index (χ3n) is 4.56. The molecule has 3 rings (SSSR count). The van der Waals surface area contributed by atoms with E-state index in [9.17, 15) is 0 Å². The van der Waals surface area contributed by atoms with Gasteiger partial charge in [0.15, 0.2) is 0 Å². The SMILES string of the molecule is CC(C)[C@H]1CN([C@@H](c2ccc(Cl)cc2)c2ccccn2)CCN1. The fraction of sp³-hybridized carbons (Fsp3) is 0.421. The van der Waals surface area contributed by atoms with Crippen LogP contribution in [0.4, 0.5) is 0 Å². The molecule has 0 unspecified atom stereocenters.